The number of thiophene rings is 1. The van der Waals surface area contributed by atoms with E-state index < -0.39 is 0 Å². The van der Waals surface area contributed by atoms with Crippen molar-refractivity contribution in [1.29, 1.82) is 5.26 Å². The van der Waals surface area contributed by atoms with Crippen LogP contribution < -0.4 is 5.32 Å². The molecule has 2 aromatic rings. The standard InChI is InChI=1S/C16H18N2S/c1-11(2)15-12(3)19-14(9-17)16(15)18-10-13-7-5-4-6-8-13/h4-8,11,18H,10H2,1-3H3. The molecule has 0 atom stereocenters. The van der Waals surface area contributed by atoms with Gasteiger partial charge in [0.25, 0.3) is 0 Å². The van der Waals surface area contributed by atoms with Crippen LogP contribution in [-0.2, 0) is 6.54 Å². The number of nitrogens with zero attached hydrogens (tertiary/aromatic N) is 1. The molecule has 98 valence electrons. The summed E-state index contributed by atoms with van der Waals surface area (Å²) in [6.45, 7) is 7.19. The predicted molar refractivity (Wildman–Crippen MR) is 81.6 cm³/mol. The highest BCUT2D eigenvalue weighted by Crippen LogP contribution is 2.37. The summed E-state index contributed by atoms with van der Waals surface area (Å²) in [6.07, 6.45) is 0. The second-order valence-corrected chi connectivity index (χ2v) is 6.11. The number of nitrogens with one attached hydrogen (secondary N) is 1. The van der Waals surface area contributed by atoms with Crippen LogP contribution in [0.25, 0.3) is 0 Å². The van der Waals surface area contributed by atoms with Crippen LogP contribution in [0, 0.1) is 18.3 Å². The van der Waals surface area contributed by atoms with E-state index in [1.165, 1.54) is 16.0 Å². The summed E-state index contributed by atoms with van der Waals surface area (Å²) in [5, 5.41) is 12.7. The Balaban J connectivity index is 2.27. The Morgan fingerprint density at radius 2 is 1.95 bits per heavy atom. The van der Waals surface area contributed by atoms with Gasteiger partial charge >= 0.3 is 0 Å². The van der Waals surface area contributed by atoms with Gasteiger partial charge in [-0.15, -0.1) is 11.3 Å². The Bertz CT molecular complexity index is 591. The lowest BCUT2D eigenvalue weighted by Crippen LogP contribution is -2.03. The zero-order valence-electron chi connectivity index (χ0n) is 11.5. The number of nitriles is 1. The van der Waals surface area contributed by atoms with Crippen LogP contribution in [0.4, 0.5) is 5.69 Å². The lowest BCUT2D eigenvalue weighted by Gasteiger charge is -2.12. The van der Waals surface area contributed by atoms with E-state index in [2.05, 4.69) is 44.3 Å². The second kappa shape index (κ2) is 5.90. The topological polar surface area (TPSA) is 35.8 Å². The fourth-order valence-corrected chi connectivity index (χ4v) is 3.38. The minimum atomic E-state index is 0.427. The van der Waals surface area contributed by atoms with Crippen molar-refractivity contribution in [2.24, 2.45) is 0 Å². The molecule has 1 N–H and O–H groups in total. The molecule has 0 unspecified atom stereocenters. The monoisotopic (exact) mass is 270 g/mol. The minimum absolute atomic E-state index is 0.427. The highest BCUT2D eigenvalue weighted by atomic mass is 32.1. The van der Waals surface area contributed by atoms with E-state index in [9.17, 15) is 5.26 Å². The van der Waals surface area contributed by atoms with Gasteiger partial charge in [-0.2, -0.15) is 5.26 Å². The van der Waals surface area contributed by atoms with Crippen LogP contribution in [0.5, 0.6) is 0 Å². The Morgan fingerprint density at radius 1 is 1.26 bits per heavy atom. The Kier molecular flexibility index (Phi) is 4.24. The zero-order valence-corrected chi connectivity index (χ0v) is 12.3. The van der Waals surface area contributed by atoms with Crippen molar-refractivity contribution in [3.63, 3.8) is 0 Å². The van der Waals surface area contributed by atoms with Gasteiger partial charge in [0.15, 0.2) is 0 Å². The fourth-order valence-electron chi connectivity index (χ4n) is 2.29. The van der Waals surface area contributed by atoms with Gasteiger partial charge in [-0.05, 0) is 24.0 Å². The van der Waals surface area contributed by atoms with Crippen molar-refractivity contribution >= 4 is 17.0 Å². The number of hydrogen-bond donors (Lipinski definition) is 1. The molecule has 2 nitrogen and oxygen atoms in total. The first kappa shape index (κ1) is 13.6. The first-order valence-electron chi connectivity index (χ1n) is 6.44. The lowest BCUT2D eigenvalue weighted by atomic mass is 10.0. The number of rotatable bonds is 4. The van der Waals surface area contributed by atoms with E-state index in [1.54, 1.807) is 11.3 Å². The number of benzene rings is 1. The summed E-state index contributed by atoms with van der Waals surface area (Å²) in [4.78, 5) is 2.03. The molecule has 0 spiro atoms. The van der Waals surface area contributed by atoms with Crippen LogP contribution in [-0.4, -0.2) is 0 Å². The van der Waals surface area contributed by atoms with Crippen molar-refractivity contribution in [1.82, 2.24) is 0 Å². The van der Waals surface area contributed by atoms with Gasteiger partial charge in [-0.25, -0.2) is 0 Å². The predicted octanol–water partition coefficient (Wildman–Crippen LogP) is 4.66. The molecule has 0 fully saturated rings. The largest absolute Gasteiger partial charge is 0.379 e. The molecule has 2 rings (SSSR count). The fraction of sp³-hybridized carbons (Fsp3) is 0.312. The van der Waals surface area contributed by atoms with Crippen LogP contribution >= 0.6 is 11.3 Å². The van der Waals surface area contributed by atoms with Gasteiger partial charge in [0.1, 0.15) is 10.9 Å². The summed E-state index contributed by atoms with van der Waals surface area (Å²) < 4.78 is 0. The maximum absolute atomic E-state index is 9.26. The summed E-state index contributed by atoms with van der Waals surface area (Å²) in [5.74, 6) is 0.427. The molecule has 0 saturated heterocycles. The second-order valence-electron chi connectivity index (χ2n) is 4.88. The third kappa shape index (κ3) is 2.97. The molecule has 0 bridgehead atoms. The smallest absolute Gasteiger partial charge is 0.128 e. The van der Waals surface area contributed by atoms with Crippen LogP contribution in [0.2, 0.25) is 0 Å². The molecule has 0 amide bonds. The van der Waals surface area contributed by atoms with E-state index in [1.807, 2.05) is 18.2 Å². The van der Waals surface area contributed by atoms with Crippen molar-refractivity contribution < 1.29 is 0 Å². The third-order valence-electron chi connectivity index (χ3n) is 3.12. The van der Waals surface area contributed by atoms with E-state index in [0.717, 1.165) is 17.1 Å². The summed E-state index contributed by atoms with van der Waals surface area (Å²) in [7, 11) is 0. The van der Waals surface area contributed by atoms with Gasteiger partial charge in [0, 0.05) is 11.4 Å². The van der Waals surface area contributed by atoms with Gasteiger partial charge in [-0.1, -0.05) is 44.2 Å². The molecule has 1 aromatic heterocycles. The van der Waals surface area contributed by atoms with Crippen molar-refractivity contribution in [2.45, 2.75) is 33.2 Å². The minimum Gasteiger partial charge on any atom is -0.379 e. The first-order chi connectivity index (χ1) is 9.13. The molecule has 19 heavy (non-hydrogen) atoms. The van der Waals surface area contributed by atoms with Crippen molar-refractivity contribution in [3.05, 3.63) is 51.2 Å². The molecule has 0 aliphatic carbocycles. The molecule has 0 saturated carbocycles. The SMILES string of the molecule is Cc1sc(C#N)c(NCc2ccccc2)c1C(C)C. The van der Waals surface area contributed by atoms with Crippen molar-refractivity contribution in [3.8, 4) is 6.07 Å². The molecular formula is C16H18N2S. The number of hydrogen-bond acceptors (Lipinski definition) is 3. The molecule has 0 radical (unpaired) electrons. The summed E-state index contributed by atoms with van der Waals surface area (Å²) >= 11 is 1.58. The maximum atomic E-state index is 9.26. The van der Waals surface area contributed by atoms with E-state index in [4.69, 9.17) is 0 Å². The summed E-state index contributed by atoms with van der Waals surface area (Å²) in [5.41, 5.74) is 3.52. The van der Waals surface area contributed by atoms with Gasteiger partial charge in [-0.3, -0.25) is 0 Å². The first-order valence-corrected chi connectivity index (χ1v) is 7.26. The van der Waals surface area contributed by atoms with E-state index >= 15 is 0 Å². The summed E-state index contributed by atoms with van der Waals surface area (Å²) in [6, 6.07) is 12.6. The Labute approximate surface area is 118 Å². The van der Waals surface area contributed by atoms with Crippen LogP contribution in [0.15, 0.2) is 30.3 Å². The molecule has 1 aromatic carbocycles. The van der Waals surface area contributed by atoms with Gasteiger partial charge in [0.05, 0.1) is 5.69 Å². The van der Waals surface area contributed by atoms with Gasteiger partial charge < -0.3 is 5.32 Å². The quantitative estimate of drug-likeness (QED) is 0.876. The van der Waals surface area contributed by atoms with E-state index in [-0.39, 0.29) is 0 Å². The van der Waals surface area contributed by atoms with Crippen molar-refractivity contribution in [2.75, 3.05) is 5.32 Å². The molecule has 3 heteroatoms. The molecule has 1 heterocycles. The highest BCUT2D eigenvalue weighted by molar-refractivity contribution is 7.13. The van der Waals surface area contributed by atoms with Crippen LogP contribution in [0.3, 0.4) is 0 Å². The average molecular weight is 270 g/mol. The van der Waals surface area contributed by atoms with Gasteiger partial charge in [0.2, 0.25) is 0 Å². The average Bonchev–Trinajstić information content (AvgIpc) is 2.73. The van der Waals surface area contributed by atoms with Crippen LogP contribution in [0.1, 0.15) is 40.6 Å². The lowest BCUT2D eigenvalue weighted by molar-refractivity contribution is 0.863. The number of anilines is 1. The maximum Gasteiger partial charge on any atom is 0.128 e. The van der Waals surface area contributed by atoms with E-state index in [0.29, 0.717) is 5.92 Å². The molecule has 0 aliphatic rings. The zero-order chi connectivity index (χ0) is 13.8. The highest BCUT2D eigenvalue weighted by Gasteiger charge is 2.17. The number of aryl methyl sites for hydroxylation is 1. The third-order valence-corrected chi connectivity index (χ3v) is 4.15. The molecule has 0 aliphatic heterocycles. The molecular weight excluding hydrogens is 252 g/mol. The Morgan fingerprint density at radius 3 is 2.53 bits per heavy atom. The normalized spacial score (nSPS) is 10.5. The Hall–Kier alpha value is -1.79.